The maximum Gasteiger partial charge on any atom is 0.460 e. The van der Waals surface area contributed by atoms with Gasteiger partial charge in [-0.15, -0.1) is 14.9 Å². The first kappa shape index (κ1) is 44.6. The quantitative estimate of drug-likeness (QED) is 0.0968. The summed E-state index contributed by atoms with van der Waals surface area (Å²) in [5, 5.41) is -0.462. The predicted octanol–water partition coefficient (Wildman–Crippen LogP) is 9.45. The lowest BCUT2D eigenvalue weighted by Gasteiger charge is -2.38. The van der Waals surface area contributed by atoms with Gasteiger partial charge in [-0.25, -0.2) is 4.39 Å². The first-order valence-electron chi connectivity index (χ1n) is 12.1. The Kier molecular flexibility index (Phi) is 15.5. The molecule has 4 N–H and O–H groups in total. The molecule has 5 nitrogen and oxygen atoms in total. The van der Waals surface area contributed by atoms with Crippen molar-refractivity contribution in [2.24, 2.45) is 11.5 Å². The minimum atomic E-state index is -7.54. The van der Waals surface area contributed by atoms with Crippen LogP contribution >= 0.6 is 71.5 Å². The van der Waals surface area contributed by atoms with Crippen LogP contribution in [-0.2, 0) is 0 Å². The molecule has 47 heavy (non-hydrogen) atoms. The van der Waals surface area contributed by atoms with Gasteiger partial charge in [0, 0.05) is 74.3 Å². The molecule has 0 aromatic rings. The highest BCUT2D eigenvalue weighted by Crippen LogP contribution is 2.58. The van der Waals surface area contributed by atoms with Crippen LogP contribution in [0.4, 0.5) is 70.2 Å². The zero-order chi connectivity index (χ0) is 37.0. The van der Waals surface area contributed by atoms with Gasteiger partial charge < -0.3 is 20.1 Å². The minimum absolute atomic E-state index is 0.0482. The topological polar surface area (TPSA) is 61.8 Å². The summed E-state index contributed by atoms with van der Waals surface area (Å²) in [4.78, 5) is 0. The molecule has 0 amide bonds. The van der Waals surface area contributed by atoms with Gasteiger partial charge >= 0.3 is 41.7 Å². The summed E-state index contributed by atoms with van der Waals surface area (Å²) in [5.74, 6) is -37.8. The van der Waals surface area contributed by atoms with Crippen molar-refractivity contribution in [2.75, 3.05) is 38.0 Å². The van der Waals surface area contributed by atoms with Crippen molar-refractivity contribution in [1.82, 2.24) is 11.7 Å². The normalized spacial score (nSPS) is 17.0. The molecule has 0 aliphatic carbocycles. The van der Waals surface area contributed by atoms with Crippen LogP contribution in [0.5, 0.6) is 0 Å². The van der Waals surface area contributed by atoms with Crippen LogP contribution in [0.3, 0.4) is 0 Å². The van der Waals surface area contributed by atoms with Crippen LogP contribution in [0.2, 0.25) is 0 Å². The van der Waals surface area contributed by atoms with Gasteiger partial charge in [-0.1, -0.05) is 30.8 Å². The van der Waals surface area contributed by atoms with E-state index in [4.69, 9.17) is 11.5 Å². The molecule has 0 saturated heterocycles. The van der Waals surface area contributed by atoms with Gasteiger partial charge in [0.15, 0.2) is 6.67 Å². The fourth-order valence-corrected chi connectivity index (χ4v) is 9.07. The zero-order valence-corrected chi connectivity index (χ0v) is 28.6. The van der Waals surface area contributed by atoms with Crippen molar-refractivity contribution in [3.63, 3.8) is 0 Å². The number of hydrogen-bond donors (Lipinski definition) is 2. The molecular formula is C20H25F16N5S6. The van der Waals surface area contributed by atoms with E-state index in [1.165, 1.54) is 22.6 Å². The second-order valence-corrected chi connectivity index (χ2v) is 15.3. The molecule has 1 aliphatic rings. The number of nitrogens with zero attached hydrogens (tertiary/aromatic N) is 3. The van der Waals surface area contributed by atoms with E-state index in [1.54, 1.807) is 0 Å². The Balaban J connectivity index is 3.16. The standard InChI is InChI=1S/C20H25F16N5S6/c1-4-44-12(39(42-2)8-6-15(24,25)17(28,29)18(30,31)19(32,33)20(34,35)36)10(37)45-41-46-11(38)13(47-41)40(43-3)7-5-14(22,23)16(26,27)9-21/h4-9,37-38H2,1-3H3/b12-10-. The van der Waals surface area contributed by atoms with Crippen molar-refractivity contribution >= 4 is 71.5 Å². The second kappa shape index (κ2) is 16.3. The number of thioether (sulfide) groups is 1. The monoisotopic (exact) mass is 831 g/mol. The Hall–Kier alpha value is -0.380. The molecule has 0 saturated carbocycles. The average Bonchev–Trinajstić information content (AvgIpc) is 3.30. The predicted molar refractivity (Wildman–Crippen MR) is 157 cm³/mol. The Morgan fingerprint density at radius 1 is 0.745 bits per heavy atom. The maximum atomic E-state index is 14.3. The lowest BCUT2D eigenvalue weighted by molar-refractivity contribution is -0.422. The summed E-state index contributed by atoms with van der Waals surface area (Å²) in [6, 6.07) is 0. The third kappa shape index (κ3) is 9.70. The van der Waals surface area contributed by atoms with Gasteiger partial charge in [0.05, 0.1) is 0 Å². The number of halogens is 16. The lowest BCUT2D eigenvalue weighted by Crippen LogP contribution is -2.66. The lowest BCUT2D eigenvalue weighted by atomic mass is 9.96. The van der Waals surface area contributed by atoms with Gasteiger partial charge in [-0.3, -0.25) is 0 Å². The Bertz CT molecular complexity index is 1120. The van der Waals surface area contributed by atoms with Crippen molar-refractivity contribution < 1.29 is 70.2 Å². The number of nitrogens with two attached hydrogens (primary N) is 2. The Morgan fingerprint density at radius 2 is 1.28 bits per heavy atom. The molecule has 0 unspecified atom stereocenters. The first-order valence-corrected chi connectivity index (χ1v) is 17.8. The number of rotatable bonds is 19. The van der Waals surface area contributed by atoms with Crippen LogP contribution in [0.15, 0.2) is 20.1 Å². The highest BCUT2D eigenvalue weighted by molar-refractivity contribution is 8.31. The summed E-state index contributed by atoms with van der Waals surface area (Å²) in [7, 11) is 0. The highest BCUT2D eigenvalue weighted by atomic mass is 32.3. The number of hydrogen-bond acceptors (Lipinski definition) is 11. The Morgan fingerprint density at radius 3 is 1.72 bits per heavy atom. The van der Waals surface area contributed by atoms with Gasteiger partial charge in [0.25, 0.3) is 0 Å². The molecule has 1 heterocycles. The van der Waals surface area contributed by atoms with Crippen LogP contribution < -0.4 is 11.5 Å². The van der Waals surface area contributed by atoms with Gasteiger partial charge in [-0.2, -0.15) is 65.9 Å². The van der Waals surface area contributed by atoms with Crippen molar-refractivity contribution in [3.05, 3.63) is 20.1 Å². The van der Waals surface area contributed by atoms with Crippen LogP contribution in [0.1, 0.15) is 19.8 Å². The average molecular weight is 832 g/mol. The van der Waals surface area contributed by atoms with Gasteiger partial charge in [-0.05, 0) is 5.75 Å². The van der Waals surface area contributed by atoms with E-state index in [0.29, 0.717) is 23.9 Å². The largest absolute Gasteiger partial charge is 0.460 e. The molecule has 0 fully saturated rings. The van der Waals surface area contributed by atoms with Crippen LogP contribution in [-0.4, -0.2) is 91.5 Å². The van der Waals surface area contributed by atoms with E-state index in [9.17, 15) is 70.2 Å². The van der Waals surface area contributed by atoms with E-state index in [0.717, 1.165) is 56.2 Å². The van der Waals surface area contributed by atoms with Crippen molar-refractivity contribution in [1.29, 1.82) is 0 Å². The fraction of sp³-hybridized carbons (Fsp3) is 0.800. The van der Waals surface area contributed by atoms with E-state index in [-0.39, 0.29) is 25.9 Å². The van der Waals surface area contributed by atoms with Crippen LogP contribution in [0.25, 0.3) is 0 Å². The third-order valence-electron chi connectivity index (χ3n) is 5.67. The molecule has 0 bridgehead atoms. The van der Waals surface area contributed by atoms with E-state index >= 15 is 0 Å². The SMILES string of the molecule is CCS/C(=C(/N)SN1SC(N)=C(N(CCC(F)(F)C(F)(F)CF)SC)S1)N(CCC(F)(F)C(F)(F)C(F)(F)C(F)(F)C(F)(F)F)SC. The molecule has 1 aliphatic heterocycles. The number of alkyl halides is 16. The molecule has 0 atom stereocenters. The zero-order valence-electron chi connectivity index (χ0n) is 23.7. The smallest absolute Gasteiger partial charge is 0.390 e. The maximum absolute atomic E-state index is 14.3. The van der Waals surface area contributed by atoms with E-state index in [2.05, 4.69) is 0 Å². The second-order valence-electron chi connectivity index (χ2n) is 8.81. The molecule has 0 aromatic heterocycles. The Labute approximate surface area is 283 Å². The molecule has 0 spiro atoms. The van der Waals surface area contributed by atoms with Crippen molar-refractivity contribution in [3.8, 4) is 0 Å². The van der Waals surface area contributed by atoms with E-state index < -0.39 is 74.3 Å². The molecule has 278 valence electrons. The third-order valence-corrected chi connectivity index (χ3v) is 12.0. The minimum Gasteiger partial charge on any atom is -0.390 e. The molecule has 1 rings (SSSR count). The van der Waals surface area contributed by atoms with Gasteiger partial charge in [0.2, 0.25) is 0 Å². The fourth-order valence-electron chi connectivity index (χ4n) is 3.06. The van der Waals surface area contributed by atoms with Crippen LogP contribution in [0, 0.1) is 0 Å². The highest BCUT2D eigenvalue weighted by Gasteiger charge is 2.86. The summed E-state index contributed by atoms with van der Waals surface area (Å²) in [5.41, 5.74) is 12.0. The van der Waals surface area contributed by atoms with Crippen molar-refractivity contribution in [2.45, 2.75) is 61.5 Å². The summed E-state index contributed by atoms with van der Waals surface area (Å²) in [6.45, 7) is -3.14. The molecule has 27 heteroatoms. The summed E-state index contributed by atoms with van der Waals surface area (Å²) in [6.07, 6.45) is -8.53. The van der Waals surface area contributed by atoms with Gasteiger partial charge in [0.1, 0.15) is 20.1 Å². The summed E-state index contributed by atoms with van der Waals surface area (Å²) < 4.78 is 217. The molecule has 0 radical (unpaired) electrons. The first-order chi connectivity index (χ1) is 21.1. The molecular weight excluding hydrogens is 807 g/mol. The molecule has 0 aromatic carbocycles. The summed E-state index contributed by atoms with van der Waals surface area (Å²) >= 11 is 4.16. The van der Waals surface area contributed by atoms with E-state index in [1.807, 2.05) is 0 Å².